The molecule has 2 aromatic carbocycles. The molecule has 0 bridgehead atoms. The molecule has 8 heteroatoms. The Hall–Kier alpha value is -3.55. The molecule has 1 atom stereocenters. The molecule has 3 amide bonds. The van der Waals surface area contributed by atoms with Gasteiger partial charge in [0.25, 0.3) is 5.91 Å². The van der Waals surface area contributed by atoms with Gasteiger partial charge in [0, 0.05) is 13.5 Å². The van der Waals surface area contributed by atoms with Crippen LogP contribution in [0.4, 0.5) is 5.69 Å². The second-order valence-corrected chi connectivity index (χ2v) is 7.14. The normalized spacial score (nSPS) is 15.7. The highest BCUT2D eigenvalue weighted by atomic mass is 16.5. The summed E-state index contributed by atoms with van der Waals surface area (Å²) >= 11 is 0. The molecule has 164 valence electrons. The molecule has 1 saturated heterocycles. The zero-order chi connectivity index (χ0) is 22.5. The van der Waals surface area contributed by atoms with Gasteiger partial charge in [-0.2, -0.15) is 0 Å². The molecule has 0 unspecified atom stereocenters. The third kappa shape index (κ3) is 4.63. The maximum atomic E-state index is 13.1. The summed E-state index contributed by atoms with van der Waals surface area (Å²) in [6, 6.07) is 11.4. The van der Waals surface area contributed by atoms with Crippen LogP contribution >= 0.6 is 0 Å². The molecule has 1 fully saturated rings. The zero-order valence-corrected chi connectivity index (χ0v) is 18.1. The first-order valence-corrected chi connectivity index (χ1v) is 9.88. The summed E-state index contributed by atoms with van der Waals surface area (Å²) in [4.78, 5) is 40.6. The summed E-state index contributed by atoms with van der Waals surface area (Å²) in [7, 11) is 4.66. The Labute approximate surface area is 181 Å². The highest BCUT2D eigenvalue weighted by molar-refractivity contribution is 6.23. The van der Waals surface area contributed by atoms with E-state index in [1.165, 1.54) is 11.8 Å². The molecule has 0 radical (unpaired) electrons. The number of nitrogens with zero attached hydrogens (tertiary/aromatic N) is 2. The monoisotopic (exact) mass is 426 g/mol. The minimum atomic E-state index is -0.827. The number of ether oxygens (including phenoxy) is 3. The van der Waals surface area contributed by atoms with Gasteiger partial charge >= 0.3 is 0 Å². The molecule has 0 aliphatic carbocycles. The summed E-state index contributed by atoms with van der Waals surface area (Å²) in [6.07, 6.45) is 0.455. The van der Waals surface area contributed by atoms with Crippen LogP contribution < -0.4 is 19.1 Å². The molecule has 0 spiro atoms. The Bertz CT molecular complexity index is 973. The van der Waals surface area contributed by atoms with Crippen molar-refractivity contribution in [3.8, 4) is 17.2 Å². The molecule has 0 saturated carbocycles. The summed E-state index contributed by atoms with van der Waals surface area (Å²) in [5.74, 6) is 0.826. The fourth-order valence-corrected chi connectivity index (χ4v) is 3.68. The number of benzene rings is 2. The van der Waals surface area contributed by atoms with Crippen LogP contribution in [0.5, 0.6) is 17.2 Å². The Balaban J connectivity index is 1.76. The number of hydrogen-bond donors (Lipinski definition) is 0. The third-order valence-electron chi connectivity index (χ3n) is 5.32. The standard InChI is InChI=1S/C23H26N2O6/c1-15(26)24(12-11-16-5-10-20(30-3)21(13-16)31-4)19-14-22(27)25(23(19)28)17-6-8-18(29-2)9-7-17/h5-10,13,19H,11-12,14H2,1-4H3/t19-/m0/s1. The summed E-state index contributed by atoms with van der Waals surface area (Å²) in [5.41, 5.74) is 1.38. The lowest BCUT2D eigenvalue weighted by atomic mass is 10.1. The van der Waals surface area contributed by atoms with Crippen molar-refractivity contribution in [1.82, 2.24) is 4.90 Å². The Morgan fingerprint density at radius 2 is 1.68 bits per heavy atom. The predicted octanol–water partition coefficient (Wildman–Crippen LogP) is 2.44. The molecule has 0 N–H and O–H groups in total. The average molecular weight is 426 g/mol. The van der Waals surface area contributed by atoms with E-state index in [2.05, 4.69) is 0 Å². The summed E-state index contributed by atoms with van der Waals surface area (Å²) in [5, 5.41) is 0. The minimum Gasteiger partial charge on any atom is -0.497 e. The van der Waals surface area contributed by atoms with E-state index in [4.69, 9.17) is 14.2 Å². The van der Waals surface area contributed by atoms with Crippen molar-refractivity contribution >= 4 is 23.4 Å². The first-order chi connectivity index (χ1) is 14.9. The fourth-order valence-electron chi connectivity index (χ4n) is 3.68. The van der Waals surface area contributed by atoms with Crippen molar-refractivity contribution in [2.45, 2.75) is 25.8 Å². The molecule has 1 heterocycles. The number of imide groups is 1. The highest BCUT2D eigenvalue weighted by Crippen LogP contribution is 2.29. The third-order valence-corrected chi connectivity index (χ3v) is 5.32. The summed E-state index contributed by atoms with van der Waals surface area (Å²) < 4.78 is 15.7. The van der Waals surface area contributed by atoms with Crippen LogP contribution in [0.2, 0.25) is 0 Å². The van der Waals surface area contributed by atoms with Crippen molar-refractivity contribution in [3.63, 3.8) is 0 Å². The van der Waals surface area contributed by atoms with E-state index >= 15 is 0 Å². The maximum Gasteiger partial charge on any atom is 0.257 e. The van der Waals surface area contributed by atoms with E-state index in [0.29, 0.717) is 35.9 Å². The van der Waals surface area contributed by atoms with Crippen LogP contribution in [0.15, 0.2) is 42.5 Å². The van der Waals surface area contributed by atoms with Crippen LogP contribution in [-0.2, 0) is 20.8 Å². The van der Waals surface area contributed by atoms with E-state index in [1.807, 2.05) is 12.1 Å². The van der Waals surface area contributed by atoms with Crippen LogP contribution in [0.3, 0.4) is 0 Å². The zero-order valence-electron chi connectivity index (χ0n) is 18.1. The SMILES string of the molecule is COc1ccc(N2C(=O)C[C@H](N(CCc3ccc(OC)c(OC)c3)C(C)=O)C2=O)cc1. The molecule has 2 aromatic rings. The van der Waals surface area contributed by atoms with E-state index in [0.717, 1.165) is 10.5 Å². The average Bonchev–Trinajstić information content (AvgIpc) is 3.07. The number of carbonyl (C=O) groups excluding carboxylic acids is 3. The van der Waals surface area contributed by atoms with Gasteiger partial charge in [0.1, 0.15) is 11.8 Å². The lowest BCUT2D eigenvalue weighted by Crippen LogP contribution is -2.45. The molecule has 31 heavy (non-hydrogen) atoms. The smallest absolute Gasteiger partial charge is 0.257 e. The van der Waals surface area contributed by atoms with E-state index in [1.54, 1.807) is 51.7 Å². The van der Waals surface area contributed by atoms with Crippen LogP contribution in [0, 0.1) is 0 Å². The Kier molecular flexibility index (Phi) is 6.79. The fraction of sp³-hybridized carbons (Fsp3) is 0.348. The minimum absolute atomic E-state index is 0.0453. The van der Waals surface area contributed by atoms with Gasteiger partial charge in [-0.15, -0.1) is 0 Å². The Morgan fingerprint density at radius 1 is 1.00 bits per heavy atom. The summed E-state index contributed by atoms with van der Waals surface area (Å²) in [6.45, 7) is 1.70. The second kappa shape index (κ2) is 9.51. The number of carbonyl (C=O) groups is 3. The van der Waals surface area contributed by atoms with Crippen molar-refractivity contribution in [1.29, 1.82) is 0 Å². The number of rotatable bonds is 8. The molecule has 0 aromatic heterocycles. The second-order valence-electron chi connectivity index (χ2n) is 7.14. The number of hydrogen-bond acceptors (Lipinski definition) is 6. The number of amides is 3. The van der Waals surface area contributed by atoms with Crippen molar-refractivity contribution in [2.24, 2.45) is 0 Å². The topological polar surface area (TPSA) is 85.4 Å². The molecular weight excluding hydrogens is 400 g/mol. The van der Waals surface area contributed by atoms with Gasteiger partial charge in [-0.3, -0.25) is 14.4 Å². The van der Waals surface area contributed by atoms with Gasteiger partial charge in [0.05, 0.1) is 33.4 Å². The van der Waals surface area contributed by atoms with Crippen LogP contribution in [0.25, 0.3) is 0 Å². The quantitative estimate of drug-likeness (QED) is 0.603. The first-order valence-electron chi connectivity index (χ1n) is 9.88. The highest BCUT2D eigenvalue weighted by Gasteiger charge is 2.43. The van der Waals surface area contributed by atoms with Gasteiger partial charge in [0.15, 0.2) is 11.5 Å². The van der Waals surface area contributed by atoms with E-state index in [-0.39, 0.29) is 18.2 Å². The molecule has 8 nitrogen and oxygen atoms in total. The molecular formula is C23H26N2O6. The van der Waals surface area contributed by atoms with Gasteiger partial charge in [-0.25, -0.2) is 4.90 Å². The maximum absolute atomic E-state index is 13.1. The number of anilines is 1. The lowest BCUT2D eigenvalue weighted by molar-refractivity contribution is -0.136. The Morgan fingerprint density at radius 3 is 2.26 bits per heavy atom. The number of methoxy groups -OCH3 is 3. The van der Waals surface area contributed by atoms with Crippen LogP contribution in [0.1, 0.15) is 18.9 Å². The largest absolute Gasteiger partial charge is 0.497 e. The van der Waals surface area contributed by atoms with Gasteiger partial charge in [-0.05, 0) is 48.4 Å². The van der Waals surface area contributed by atoms with Gasteiger partial charge in [0.2, 0.25) is 11.8 Å². The van der Waals surface area contributed by atoms with Gasteiger partial charge < -0.3 is 19.1 Å². The van der Waals surface area contributed by atoms with Crippen molar-refractivity contribution in [2.75, 3.05) is 32.8 Å². The molecule has 1 aliphatic rings. The lowest BCUT2D eigenvalue weighted by Gasteiger charge is -2.26. The van der Waals surface area contributed by atoms with E-state index in [9.17, 15) is 14.4 Å². The van der Waals surface area contributed by atoms with Gasteiger partial charge in [-0.1, -0.05) is 6.07 Å². The predicted molar refractivity (Wildman–Crippen MR) is 115 cm³/mol. The van der Waals surface area contributed by atoms with Crippen molar-refractivity contribution < 1.29 is 28.6 Å². The molecule has 1 aliphatic heterocycles. The van der Waals surface area contributed by atoms with E-state index < -0.39 is 11.9 Å². The van der Waals surface area contributed by atoms with Crippen molar-refractivity contribution in [3.05, 3.63) is 48.0 Å². The van der Waals surface area contributed by atoms with Crippen LogP contribution in [-0.4, -0.2) is 56.5 Å². The first kappa shape index (κ1) is 22.1. The molecule has 3 rings (SSSR count).